The molecule has 0 saturated carbocycles. The number of hydrogen-bond acceptors (Lipinski definition) is 3. The lowest BCUT2D eigenvalue weighted by Gasteiger charge is -2.12. The Bertz CT molecular complexity index is 377. The second kappa shape index (κ2) is 10.8. The van der Waals surface area contributed by atoms with E-state index in [0.29, 0.717) is 31.8 Å². The van der Waals surface area contributed by atoms with E-state index >= 15 is 0 Å². The highest BCUT2D eigenvalue weighted by molar-refractivity contribution is 5.26. The third-order valence-electron chi connectivity index (χ3n) is 3.15. The maximum atomic E-state index is 5.72. The van der Waals surface area contributed by atoms with Gasteiger partial charge in [-0.05, 0) is 30.0 Å². The molecule has 0 spiro atoms. The Balaban J connectivity index is 2.27. The zero-order chi connectivity index (χ0) is 15.5. The van der Waals surface area contributed by atoms with Crippen LogP contribution in [0.4, 0.5) is 0 Å². The molecule has 0 aliphatic carbocycles. The molecule has 0 bridgehead atoms. The normalized spacial score (nSPS) is 11.5. The van der Waals surface area contributed by atoms with Crippen LogP contribution in [-0.4, -0.2) is 32.4 Å². The molecule has 3 heteroatoms. The molecule has 0 radical (unpaired) electrons. The monoisotopic (exact) mass is 293 g/mol. The highest BCUT2D eigenvalue weighted by atomic mass is 16.5. The Labute approximate surface area is 130 Å². The van der Waals surface area contributed by atoms with E-state index in [1.807, 2.05) is 0 Å². The number of benzene rings is 1. The molecule has 0 fully saturated rings. The predicted octanol–water partition coefficient (Wildman–Crippen LogP) is 3.42. The molecule has 120 valence electrons. The van der Waals surface area contributed by atoms with Gasteiger partial charge < -0.3 is 14.8 Å². The van der Waals surface area contributed by atoms with Crippen LogP contribution in [0.3, 0.4) is 0 Å². The van der Waals surface area contributed by atoms with E-state index < -0.39 is 0 Å². The zero-order valence-corrected chi connectivity index (χ0v) is 14.0. The van der Waals surface area contributed by atoms with Crippen molar-refractivity contribution in [1.82, 2.24) is 5.32 Å². The van der Waals surface area contributed by atoms with Gasteiger partial charge in [0.15, 0.2) is 0 Å². The molecule has 0 aromatic heterocycles. The van der Waals surface area contributed by atoms with Crippen LogP contribution in [0.25, 0.3) is 0 Å². The van der Waals surface area contributed by atoms with Crippen LogP contribution in [0.5, 0.6) is 0 Å². The summed E-state index contributed by atoms with van der Waals surface area (Å²) in [6.45, 7) is 12.5. The second-order valence-electron chi connectivity index (χ2n) is 6.15. The van der Waals surface area contributed by atoms with Crippen LogP contribution in [-0.2, 0) is 22.5 Å². The lowest BCUT2D eigenvalue weighted by molar-refractivity contribution is 0.0312. The smallest absolute Gasteiger partial charge is 0.0720 e. The van der Waals surface area contributed by atoms with Crippen molar-refractivity contribution in [2.24, 2.45) is 5.92 Å². The highest BCUT2D eigenvalue weighted by Crippen LogP contribution is 2.10. The van der Waals surface area contributed by atoms with Gasteiger partial charge >= 0.3 is 0 Å². The van der Waals surface area contributed by atoms with Crippen molar-refractivity contribution in [3.63, 3.8) is 0 Å². The molecule has 21 heavy (non-hydrogen) atoms. The number of hydrogen-bond donors (Lipinski definition) is 1. The fourth-order valence-corrected chi connectivity index (χ4v) is 2.06. The zero-order valence-electron chi connectivity index (χ0n) is 14.0. The van der Waals surface area contributed by atoms with Crippen LogP contribution in [0.1, 0.15) is 38.8 Å². The van der Waals surface area contributed by atoms with Gasteiger partial charge in [0.1, 0.15) is 0 Å². The average Bonchev–Trinajstić information content (AvgIpc) is 2.43. The average molecular weight is 293 g/mol. The first-order valence-electron chi connectivity index (χ1n) is 8.05. The third kappa shape index (κ3) is 8.86. The van der Waals surface area contributed by atoms with Crippen molar-refractivity contribution in [2.75, 3.05) is 26.4 Å². The predicted molar refractivity (Wildman–Crippen MR) is 88.6 cm³/mol. The van der Waals surface area contributed by atoms with Gasteiger partial charge in [0, 0.05) is 12.6 Å². The number of rotatable bonds is 11. The lowest BCUT2D eigenvalue weighted by atomic mass is 10.1. The fourth-order valence-electron chi connectivity index (χ4n) is 2.06. The van der Waals surface area contributed by atoms with E-state index in [9.17, 15) is 0 Å². The molecule has 0 saturated heterocycles. The van der Waals surface area contributed by atoms with E-state index in [0.717, 1.165) is 19.6 Å². The minimum Gasteiger partial charge on any atom is -0.379 e. The van der Waals surface area contributed by atoms with Crippen LogP contribution < -0.4 is 5.32 Å². The Hall–Kier alpha value is -0.900. The third-order valence-corrected chi connectivity index (χ3v) is 3.15. The molecule has 1 N–H and O–H groups in total. The van der Waals surface area contributed by atoms with Crippen LogP contribution >= 0.6 is 0 Å². The van der Waals surface area contributed by atoms with Gasteiger partial charge in [-0.15, -0.1) is 0 Å². The van der Waals surface area contributed by atoms with Crippen molar-refractivity contribution in [1.29, 1.82) is 0 Å². The van der Waals surface area contributed by atoms with E-state index in [1.165, 1.54) is 11.1 Å². The minimum absolute atomic E-state index is 0.534. The van der Waals surface area contributed by atoms with Crippen molar-refractivity contribution in [3.05, 3.63) is 35.4 Å². The summed E-state index contributed by atoms with van der Waals surface area (Å²) in [6, 6.07) is 9.05. The van der Waals surface area contributed by atoms with Crippen molar-refractivity contribution in [3.8, 4) is 0 Å². The summed E-state index contributed by atoms with van der Waals surface area (Å²) < 4.78 is 11.2. The largest absolute Gasteiger partial charge is 0.379 e. The molecule has 3 nitrogen and oxygen atoms in total. The first kappa shape index (κ1) is 18.1. The second-order valence-corrected chi connectivity index (χ2v) is 6.15. The molecule has 0 aliphatic rings. The van der Waals surface area contributed by atoms with Crippen molar-refractivity contribution in [2.45, 2.75) is 46.8 Å². The Morgan fingerprint density at radius 3 is 2.29 bits per heavy atom. The Morgan fingerprint density at radius 2 is 1.62 bits per heavy atom. The summed E-state index contributed by atoms with van der Waals surface area (Å²) >= 11 is 0. The lowest BCUT2D eigenvalue weighted by Crippen LogP contribution is -2.25. The van der Waals surface area contributed by atoms with Gasteiger partial charge in [0.2, 0.25) is 0 Å². The van der Waals surface area contributed by atoms with Gasteiger partial charge in [0.25, 0.3) is 0 Å². The van der Waals surface area contributed by atoms with Gasteiger partial charge in [-0.1, -0.05) is 52.0 Å². The quantitative estimate of drug-likeness (QED) is 0.634. The maximum absolute atomic E-state index is 5.72. The standard InChI is InChI=1S/C18H31NO2/c1-15(2)13-20-11-12-21-14-18-8-6-5-7-17(18)9-10-19-16(3)4/h5-8,15-16,19H,9-14H2,1-4H3. The first-order valence-corrected chi connectivity index (χ1v) is 8.05. The van der Waals surface area contributed by atoms with E-state index in [1.54, 1.807) is 0 Å². The topological polar surface area (TPSA) is 30.5 Å². The molecule has 0 aliphatic heterocycles. The van der Waals surface area contributed by atoms with Crippen LogP contribution in [0.15, 0.2) is 24.3 Å². The van der Waals surface area contributed by atoms with Crippen LogP contribution in [0, 0.1) is 5.92 Å². The molecule has 0 unspecified atom stereocenters. The minimum atomic E-state index is 0.534. The summed E-state index contributed by atoms with van der Waals surface area (Å²) in [5.41, 5.74) is 2.65. The van der Waals surface area contributed by atoms with E-state index in [4.69, 9.17) is 9.47 Å². The molecule has 1 aromatic rings. The van der Waals surface area contributed by atoms with E-state index in [2.05, 4.69) is 57.3 Å². The Kier molecular flexibility index (Phi) is 9.31. The van der Waals surface area contributed by atoms with Crippen molar-refractivity contribution < 1.29 is 9.47 Å². The summed E-state index contributed by atoms with van der Waals surface area (Å²) in [7, 11) is 0. The molecule has 0 atom stereocenters. The van der Waals surface area contributed by atoms with Crippen LogP contribution in [0.2, 0.25) is 0 Å². The molecule has 0 heterocycles. The highest BCUT2D eigenvalue weighted by Gasteiger charge is 2.03. The van der Waals surface area contributed by atoms with E-state index in [-0.39, 0.29) is 0 Å². The molecule has 1 aromatic carbocycles. The first-order chi connectivity index (χ1) is 10.1. The van der Waals surface area contributed by atoms with Gasteiger partial charge in [-0.25, -0.2) is 0 Å². The van der Waals surface area contributed by atoms with Gasteiger partial charge in [-0.3, -0.25) is 0 Å². The molecule has 0 amide bonds. The fraction of sp³-hybridized carbons (Fsp3) is 0.667. The molecular weight excluding hydrogens is 262 g/mol. The molecular formula is C18H31NO2. The SMILES string of the molecule is CC(C)COCCOCc1ccccc1CCNC(C)C. The number of ether oxygens (including phenoxy) is 2. The molecule has 1 rings (SSSR count). The van der Waals surface area contributed by atoms with Crippen molar-refractivity contribution >= 4 is 0 Å². The Morgan fingerprint density at radius 1 is 0.952 bits per heavy atom. The van der Waals surface area contributed by atoms with Gasteiger partial charge in [0.05, 0.1) is 19.8 Å². The summed E-state index contributed by atoms with van der Waals surface area (Å²) in [5, 5.41) is 3.45. The maximum Gasteiger partial charge on any atom is 0.0720 e. The van der Waals surface area contributed by atoms with Gasteiger partial charge in [-0.2, -0.15) is 0 Å². The summed E-state index contributed by atoms with van der Waals surface area (Å²) in [6.07, 6.45) is 1.04. The number of nitrogens with one attached hydrogen (secondary N) is 1. The summed E-state index contributed by atoms with van der Waals surface area (Å²) in [4.78, 5) is 0. The summed E-state index contributed by atoms with van der Waals surface area (Å²) in [5.74, 6) is 0.583.